The normalized spacial score (nSPS) is 12.1. The highest BCUT2D eigenvalue weighted by atomic mass is 31.2. The zero-order valence-electron chi connectivity index (χ0n) is 9.50. The first-order chi connectivity index (χ1) is 7.70. The Morgan fingerprint density at radius 2 is 2.06 bits per heavy atom. The maximum absolute atomic E-state index is 12.0. The average Bonchev–Trinajstić information content (AvgIpc) is 2.29. The molecule has 0 radical (unpaired) electrons. The van der Waals surface area contributed by atoms with Crippen molar-refractivity contribution < 1.29 is 13.6 Å². The quantitative estimate of drug-likeness (QED) is 0.717. The summed E-state index contributed by atoms with van der Waals surface area (Å²) in [4.78, 5) is 3.95. The molecule has 0 unspecified atom stereocenters. The van der Waals surface area contributed by atoms with Crippen LogP contribution < -0.4 is 0 Å². The van der Waals surface area contributed by atoms with E-state index in [1.807, 2.05) is 12.1 Å². The lowest BCUT2D eigenvalue weighted by Crippen LogP contribution is -1.92. The lowest BCUT2D eigenvalue weighted by atomic mass is 10.3. The van der Waals surface area contributed by atoms with Gasteiger partial charge in [0.1, 0.15) is 0 Å². The van der Waals surface area contributed by atoms with Crippen LogP contribution in [0.4, 0.5) is 0 Å². The Morgan fingerprint density at radius 1 is 1.38 bits per heavy atom. The molecule has 1 heterocycles. The minimum atomic E-state index is -3.09. The highest BCUT2D eigenvalue weighted by molar-refractivity contribution is 7.57. The fourth-order valence-electron chi connectivity index (χ4n) is 1.14. The van der Waals surface area contributed by atoms with Gasteiger partial charge in [-0.25, -0.2) is 0 Å². The van der Waals surface area contributed by atoms with E-state index < -0.39 is 7.60 Å². The number of nitrogens with zero attached hydrogens (tertiary/aromatic N) is 1. The molecule has 0 aromatic carbocycles. The minimum Gasteiger partial charge on any atom is -0.306 e. The molecule has 0 spiro atoms. The zero-order chi connectivity index (χ0) is 11.9. The van der Waals surface area contributed by atoms with Gasteiger partial charge in [0, 0.05) is 18.2 Å². The van der Waals surface area contributed by atoms with Gasteiger partial charge < -0.3 is 9.05 Å². The first-order valence-electron chi connectivity index (χ1n) is 5.18. The van der Waals surface area contributed by atoms with Crippen molar-refractivity contribution in [2.45, 2.75) is 13.8 Å². The Bertz CT molecular complexity index is 368. The molecule has 0 aliphatic heterocycles. The molecule has 0 saturated heterocycles. The van der Waals surface area contributed by atoms with Crippen LogP contribution in [0.5, 0.6) is 0 Å². The fraction of sp³-hybridized carbons (Fsp3) is 0.364. The van der Waals surface area contributed by atoms with Gasteiger partial charge in [-0.05, 0) is 31.6 Å². The molecule has 0 aliphatic rings. The molecule has 88 valence electrons. The Morgan fingerprint density at radius 3 is 2.56 bits per heavy atom. The smallest absolute Gasteiger partial charge is 0.306 e. The first kappa shape index (κ1) is 13.1. The van der Waals surface area contributed by atoms with Crippen molar-refractivity contribution in [3.63, 3.8) is 0 Å². The SMILES string of the molecule is CCOP(=O)(/C=C/c1cccnc1)OCC. The van der Waals surface area contributed by atoms with Gasteiger partial charge in [0.15, 0.2) is 0 Å². The second-order valence-corrected chi connectivity index (χ2v) is 4.87. The summed E-state index contributed by atoms with van der Waals surface area (Å²) in [6.45, 7) is 4.27. The molecule has 0 amide bonds. The highest BCUT2D eigenvalue weighted by Gasteiger charge is 2.18. The van der Waals surface area contributed by atoms with E-state index in [0.29, 0.717) is 13.2 Å². The van der Waals surface area contributed by atoms with Crippen molar-refractivity contribution in [3.8, 4) is 0 Å². The van der Waals surface area contributed by atoms with Crippen LogP contribution in [0, 0.1) is 0 Å². The Hall–Kier alpha value is -0.960. The van der Waals surface area contributed by atoms with E-state index >= 15 is 0 Å². The van der Waals surface area contributed by atoms with Gasteiger partial charge in [0.05, 0.1) is 13.2 Å². The summed E-state index contributed by atoms with van der Waals surface area (Å²) in [6.07, 6.45) is 5.06. The fourth-order valence-corrected chi connectivity index (χ4v) is 2.46. The van der Waals surface area contributed by atoms with Gasteiger partial charge in [-0.3, -0.25) is 9.55 Å². The van der Waals surface area contributed by atoms with Crippen molar-refractivity contribution in [2.75, 3.05) is 13.2 Å². The van der Waals surface area contributed by atoms with E-state index in [9.17, 15) is 4.57 Å². The predicted molar refractivity (Wildman–Crippen MR) is 64.1 cm³/mol. The number of hydrogen-bond acceptors (Lipinski definition) is 4. The van der Waals surface area contributed by atoms with Gasteiger partial charge >= 0.3 is 7.60 Å². The number of aromatic nitrogens is 1. The van der Waals surface area contributed by atoms with Crippen LogP contribution in [0.25, 0.3) is 6.08 Å². The molecular weight excluding hydrogens is 225 g/mol. The van der Waals surface area contributed by atoms with Crippen molar-refractivity contribution >= 4 is 13.7 Å². The van der Waals surface area contributed by atoms with Crippen LogP contribution in [0.1, 0.15) is 19.4 Å². The maximum Gasteiger partial charge on any atom is 0.354 e. The lowest BCUT2D eigenvalue weighted by molar-refractivity contribution is 0.229. The van der Waals surface area contributed by atoms with Gasteiger partial charge in [-0.2, -0.15) is 0 Å². The summed E-state index contributed by atoms with van der Waals surface area (Å²) >= 11 is 0. The molecule has 4 nitrogen and oxygen atoms in total. The third-order valence-electron chi connectivity index (χ3n) is 1.75. The van der Waals surface area contributed by atoms with Crippen molar-refractivity contribution in [1.82, 2.24) is 4.98 Å². The summed E-state index contributed by atoms with van der Waals surface area (Å²) in [6, 6.07) is 3.68. The molecule has 0 saturated carbocycles. The molecule has 1 aromatic rings. The van der Waals surface area contributed by atoms with Crippen molar-refractivity contribution in [3.05, 3.63) is 35.9 Å². The van der Waals surface area contributed by atoms with E-state index in [2.05, 4.69) is 4.98 Å². The van der Waals surface area contributed by atoms with E-state index in [0.717, 1.165) is 5.56 Å². The van der Waals surface area contributed by atoms with Crippen LogP contribution in [-0.2, 0) is 13.6 Å². The molecule has 0 atom stereocenters. The van der Waals surface area contributed by atoms with Gasteiger partial charge in [-0.15, -0.1) is 0 Å². The Labute approximate surface area is 95.8 Å². The van der Waals surface area contributed by atoms with E-state index in [1.165, 1.54) is 5.82 Å². The summed E-state index contributed by atoms with van der Waals surface area (Å²) in [7, 11) is -3.09. The summed E-state index contributed by atoms with van der Waals surface area (Å²) < 4.78 is 22.3. The summed E-state index contributed by atoms with van der Waals surface area (Å²) in [5, 5.41) is 0. The molecule has 0 aliphatic carbocycles. The molecule has 1 rings (SSSR count). The average molecular weight is 241 g/mol. The summed E-state index contributed by atoms with van der Waals surface area (Å²) in [5.74, 6) is 1.47. The number of pyridine rings is 1. The topological polar surface area (TPSA) is 48.4 Å². The molecule has 0 fully saturated rings. The van der Waals surface area contributed by atoms with Gasteiger partial charge in [0.25, 0.3) is 0 Å². The van der Waals surface area contributed by atoms with Crippen molar-refractivity contribution in [1.29, 1.82) is 0 Å². The molecule has 0 N–H and O–H groups in total. The molecule has 0 bridgehead atoms. The van der Waals surface area contributed by atoms with Crippen LogP contribution in [0.2, 0.25) is 0 Å². The number of rotatable bonds is 6. The van der Waals surface area contributed by atoms with E-state index in [-0.39, 0.29) is 0 Å². The highest BCUT2D eigenvalue weighted by Crippen LogP contribution is 2.49. The van der Waals surface area contributed by atoms with E-state index in [4.69, 9.17) is 9.05 Å². The molecule has 1 aromatic heterocycles. The number of hydrogen-bond donors (Lipinski definition) is 0. The predicted octanol–water partition coefficient (Wildman–Crippen LogP) is 3.32. The molecule has 16 heavy (non-hydrogen) atoms. The molecular formula is C11H16NO3P. The van der Waals surface area contributed by atoms with Gasteiger partial charge in [-0.1, -0.05) is 6.07 Å². The van der Waals surface area contributed by atoms with Crippen LogP contribution in [-0.4, -0.2) is 18.2 Å². The van der Waals surface area contributed by atoms with Crippen LogP contribution in [0.15, 0.2) is 30.3 Å². The largest absolute Gasteiger partial charge is 0.354 e. The van der Waals surface area contributed by atoms with Crippen molar-refractivity contribution in [2.24, 2.45) is 0 Å². The van der Waals surface area contributed by atoms with Gasteiger partial charge in [0.2, 0.25) is 0 Å². The third kappa shape index (κ3) is 4.27. The Kier molecular flexibility index (Phi) is 5.39. The molecule has 5 heteroatoms. The standard InChI is InChI=1S/C11H16NO3P/c1-3-14-16(13,15-4-2)9-7-11-6-5-8-12-10-11/h5-10H,3-4H2,1-2H3/b9-7+. The monoisotopic (exact) mass is 241 g/mol. The summed E-state index contributed by atoms with van der Waals surface area (Å²) in [5.41, 5.74) is 0.863. The van der Waals surface area contributed by atoms with Crippen LogP contribution in [0.3, 0.4) is 0 Å². The lowest BCUT2D eigenvalue weighted by Gasteiger charge is -2.12. The minimum absolute atomic E-state index is 0.356. The zero-order valence-corrected chi connectivity index (χ0v) is 10.4. The second kappa shape index (κ2) is 6.59. The Balaban J connectivity index is 2.75. The maximum atomic E-state index is 12.0. The first-order valence-corrected chi connectivity index (χ1v) is 6.79. The van der Waals surface area contributed by atoms with Crippen LogP contribution >= 0.6 is 7.60 Å². The third-order valence-corrected chi connectivity index (χ3v) is 3.50. The second-order valence-electron chi connectivity index (χ2n) is 2.98. The van der Waals surface area contributed by atoms with E-state index in [1.54, 1.807) is 32.3 Å².